The van der Waals surface area contributed by atoms with Crippen LogP contribution in [-0.2, 0) is 21.1 Å². The van der Waals surface area contributed by atoms with Gasteiger partial charge in [-0.25, -0.2) is 18.4 Å². The molecule has 2 heterocycles. The SMILES string of the molecule is CS(=O)(=O)c1ncc2c(n1)CCN(CCCCCC(=O)O)C2=O. The van der Waals surface area contributed by atoms with Gasteiger partial charge in [-0.15, -0.1) is 0 Å². The Bertz CT molecular complexity index is 717. The summed E-state index contributed by atoms with van der Waals surface area (Å²) in [6.45, 7) is 1.02. The standard InChI is InChI=1S/C14H19N3O5S/c1-23(21,22)14-15-9-10-11(16-14)6-8-17(13(10)20)7-4-2-3-5-12(18)19/h9H,2-8H2,1H3,(H,18,19). The molecule has 0 unspecified atom stereocenters. The van der Waals surface area contributed by atoms with Gasteiger partial charge in [0, 0.05) is 38.4 Å². The van der Waals surface area contributed by atoms with Crippen LogP contribution in [0.4, 0.5) is 0 Å². The van der Waals surface area contributed by atoms with E-state index >= 15 is 0 Å². The van der Waals surface area contributed by atoms with Crippen LogP contribution >= 0.6 is 0 Å². The van der Waals surface area contributed by atoms with Crippen LogP contribution in [0.5, 0.6) is 0 Å². The monoisotopic (exact) mass is 341 g/mol. The number of rotatable bonds is 7. The number of nitrogens with zero attached hydrogens (tertiary/aromatic N) is 3. The van der Waals surface area contributed by atoms with Gasteiger partial charge in [-0.1, -0.05) is 6.42 Å². The van der Waals surface area contributed by atoms with E-state index in [1.54, 1.807) is 4.90 Å². The Kier molecular flexibility index (Phi) is 5.30. The van der Waals surface area contributed by atoms with Crippen molar-refractivity contribution in [3.05, 3.63) is 17.5 Å². The van der Waals surface area contributed by atoms with E-state index in [0.717, 1.165) is 19.1 Å². The number of carbonyl (C=O) groups is 2. The molecule has 1 aliphatic rings. The summed E-state index contributed by atoms with van der Waals surface area (Å²) in [5.74, 6) is -1.02. The number of amides is 1. The molecule has 0 aromatic carbocycles. The topological polar surface area (TPSA) is 118 Å². The maximum Gasteiger partial charge on any atom is 0.303 e. The number of hydrogen-bond acceptors (Lipinski definition) is 6. The number of carboxylic acid groups (broad SMARTS) is 1. The lowest BCUT2D eigenvalue weighted by atomic mass is 10.1. The third-order valence-corrected chi connectivity index (χ3v) is 4.49. The number of fused-ring (bicyclic) bond motifs is 1. The van der Waals surface area contributed by atoms with Crippen molar-refractivity contribution in [3.8, 4) is 0 Å². The van der Waals surface area contributed by atoms with E-state index in [1.165, 1.54) is 6.20 Å². The maximum atomic E-state index is 12.4. The van der Waals surface area contributed by atoms with E-state index in [9.17, 15) is 18.0 Å². The second-order valence-electron chi connectivity index (χ2n) is 5.53. The second-order valence-corrected chi connectivity index (χ2v) is 7.44. The van der Waals surface area contributed by atoms with Crippen LogP contribution in [0.3, 0.4) is 0 Å². The van der Waals surface area contributed by atoms with Crippen molar-refractivity contribution in [1.82, 2.24) is 14.9 Å². The van der Waals surface area contributed by atoms with Gasteiger partial charge in [-0.05, 0) is 12.8 Å². The minimum atomic E-state index is -3.49. The third kappa shape index (κ3) is 4.47. The highest BCUT2D eigenvalue weighted by molar-refractivity contribution is 7.90. The average Bonchev–Trinajstić information content (AvgIpc) is 2.47. The molecule has 0 radical (unpaired) electrons. The van der Waals surface area contributed by atoms with Crippen molar-refractivity contribution in [2.45, 2.75) is 37.3 Å². The van der Waals surface area contributed by atoms with E-state index in [2.05, 4.69) is 9.97 Å². The first-order valence-electron chi connectivity index (χ1n) is 7.36. The Labute approximate surface area is 134 Å². The molecule has 1 aromatic rings. The largest absolute Gasteiger partial charge is 0.481 e. The molecule has 23 heavy (non-hydrogen) atoms. The lowest BCUT2D eigenvalue weighted by Crippen LogP contribution is -2.39. The van der Waals surface area contributed by atoms with Gasteiger partial charge in [-0.3, -0.25) is 9.59 Å². The number of unbranched alkanes of at least 4 members (excludes halogenated alkanes) is 2. The molecule has 0 atom stereocenters. The third-order valence-electron chi connectivity index (χ3n) is 3.63. The van der Waals surface area contributed by atoms with Gasteiger partial charge in [0.1, 0.15) is 0 Å². The van der Waals surface area contributed by atoms with Crippen LogP contribution in [0.25, 0.3) is 0 Å². The fourth-order valence-corrected chi connectivity index (χ4v) is 2.95. The summed E-state index contributed by atoms with van der Waals surface area (Å²) in [7, 11) is -3.49. The quantitative estimate of drug-likeness (QED) is 0.567. The minimum Gasteiger partial charge on any atom is -0.481 e. The number of aromatic nitrogens is 2. The van der Waals surface area contributed by atoms with Gasteiger partial charge in [0.2, 0.25) is 15.0 Å². The van der Waals surface area contributed by atoms with E-state index in [4.69, 9.17) is 5.11 Å². The molecule has 0 aliphatic carbocycles. The van der Waals surface area contributed by atoms with Gasteiger partial charge in [0.25, 0.3) is 5.91 Å². The van der Waals surface area contributed by atoms with E-state index in [-0.39, 0.29) is 17.5 Å². The Morgan fingerprint density at radius 3 is 2.74 bits per heavy atom. The summed E-state index contributed by atoms with van der Waals surface area (Å²) in [6, 6.07) is 0. The highest BCUT2D eigenvalue weighted by atomic mass is 32.2. The molecule has 0 saturated heterocycles. The molecule has 1 amide bonds. The molecule has 2 rings (SSSR count). The van der Waals surface area contributed by atoms with Crippen LogP contribution in [0, 0.1) is 0 Å². The zero-order valence-corrected chi connectivity index (χ0v) is 13.7. The van der Waals surface area contributed by atoms with Gasteiger partial charge < -0.3 is 10.0 Å². The smallest absolute Gasteiger partial charge is 0.303 e. The zero-order chi connectivity index (χ0) is 17.0. The first-order valence-corrected chi connectivity index (χ1v) is 9.25. The molecule has 0 saturated carbocycles. The van der Waals surface area contributed by atoms with Crippen LogP contribution < -0.4 is 0 Å². The predicted octanol–water partition coefficient (Wildman–Crippen LogP) is 0.523. The van der Waals surface area contributed by atoms with Crippen molar-refractivity contribution in [2.24, 2.45) is 0 Å². The zero-order valence-electron chi connectivity index (χ0n) is 12.9. The van der Waals surface area contributed by atoms with Gasteiger partial charge in [0.15, 0.2) is 0 Å². The molecule has 126 valence electrons. The van der Waals surface area contributed by atoms with Gasteiger partial charge >= 0.3 is 5.97 Å². The Hall–Kier alpha value is -2.03. The van der Waals surface area contributed by atoms with Crippen molar-refractivity contribution in [1.29, 1.82) is 0 Å². The normalized spacial score (nSPS) is 14.7. The van der Waals surface area contributed by atoms with Crippen LogP contribution in [0.2, 0.25) is 0 Å². The molecule has 0 fully saturated rings. The maximum absolute atomic E-state index is 12.4. The average molecular weight is 341 g/mol. The fourth-order valence-electron chi connectivity index (χ4n) is 2.43. The summed E-state index contributed by atoms with van der Waals surface area (Å²) in [5.41, 5.74) is 0.807. The van der Waals surface area contributed by atoms with E-state index < -0.39 is 15.8 Å². The number of hydrogen-bond donors (Lipinski definition) is 1. The first kappa shape index (κ1) is 17.3. The Morgan fingerprint density at radius 1 is 1.35 bits per heavy atom. The van der Waals surface area contributed by atoms with Crippen molar-refractivity contribution in [2.75, 3.05) is 19.3 Å². The van der Waals surface area contributed by atoms with E-state index in [0.29, 0.717) is 37.2 Å². The fraction of sp³-hybridized carbons (Fsp3) is 0.571. The van der Waals surface area contributed by atoms with Crippen LogP contribution in [-0.4, -0.2) is 59.6 Å². The summed E-state index contributed by atoms with van der Waals surface area (Å²) in [4.78, 5) is 32.2. The molecule has 8 nitrogen and oxygen atoms in total. The Balaban J connectivity index is 1.97. The lowest BCUT2D eigenvalue weighted by Gasteiger charge is -2.27. The summed E-state index contributed by atoms with van der Waals surface area (Å²) < 4.78 is 22.9. The second kappa shape index (κ2) is 7.03. The summed E-state index contributed by atoms with van der Waals surface area (Å²) >= 11 is 0. The van der Waals surface area contributed by atoms with Crippen molar-refractivity contribution >= 4 is 21.7 Å². The highest BCUT2D eigenvalue weighted by Crippen LogP contribution is 2.18. The first-order chi connectivity index (χ1) is 10.8. The molecule has 1 aliphatic heterocycles. The molecule has 9 heteroatoms. The van der Waals surface area contributed by atoms with E-state index in [1.807, 2.05) is 0 Å². The molecule has 1 aromatic heterocycles. The van der Waals surface area contributed by atoms with Crippen LogP contribution in [0.15, 0.2) is 11.4 Å². The molecule has 0 bridgehead atoms. The van der Waals surface area contributed by atoms with Crippen molar-refractivity contribution in [3.63, 3.8) is 0 Å². The minimum absolute atomic E-state index is 0.138. The molecule has 1 N–H and O–H groups in total. The van der Waals surface area contributed by atoms with Crippen molar-refractivity contribution < 1.29 is 23.1 Å². The number of aliphatic carboxylic acids is 1. The van der Waals surface area contributed by atoms with Gasteiger partial charge in [0.05, 0.1) is 11.3 Å². The summed E-state index contributed by atoms with van der Waals surface area (Å²) in [6.07, 6.45) is 5.00. The predicted molar refractivity (Wildman–Crippen MR) is 80.9 cm³/mol. The number of carbonyl (C=O) groups excluding carboxylic acids is 1. The summed E-state index contributed by atoms with van der Waals surface area (Å²) in [5, 5.41) is 8.31. The van der Waals surface area contributed by atoms with Crippen LogP contribution in [0.1, 0.15) is 41.7 Å². The Morgan fingerprint density at radius 2 is 2.09 bits per heavy atom. The number of carboxylic acids is 1. The number of sulfone groups is 1. The molecular weight excluding hydrogens is 322 g/mol. The highest BCUT2D eigenvalue weighted by Gasteiger charge is 2.27. The lowest BCUT2D eigenvalue weighted by molar-refractivity contribution is -0.137. The van der Waals surface area contributed by atoms with Gasteiger partial charge in [-0.2, -0.15) is 0 Å². The molecule has 0 spiro atoms. The molecular formula is C14H19N3O5S.